The quantitative estimate of drug-likeness (QED) is 0.803. The molecule has 1 aromatic carbocycles. The van der Waals surface area contributed by atoms with Crippen molar-refractivity contribution in [1.29, 1.82) is 0 Å². The minimum Gasteiger partial charge on any atom is -0.395 e. The van der Waals surface area contributed by atoms with Crippen molar-refractivity contribution in [2.24, 2.45) is 0 Å². The van der Waals surface area contributed by atoms with E-state index in [4.69, 9.17) is 5.11 Å². The van der Waals surface area contributed by atoms with Crippen LogP contribution >= 0.6 is 0 Å². The van der Waals surface area contributed by atoms with Crippen molar-refractivity contribution < 1.29 is 9.90 Å². The predicted molar refractivity (Wildman–Crippen MR) is 61.2 cm³/mol. The van der Waals surface area contributed by atoms with E-state index >= 15 is 0 Å². The number of nitrogens with zero attached hydrogens (tertiary/aromatic N) is 1. The molecule has 0 aliphatic carbocycles. The summed E-state index contributed by atoms with van der Waals surface area (Å²) >= 11 is 0. The fourth-order valence-electron chi connectivity index (χ4n) is 1.47. The highest BCUT2D eigenvalue weighted by atomic mass is 16.3. The number of nitrogens with one attached hydrogen (secondary N) is 1. The van der Waals surface area contributed by atoms with Gasteiger partial charge in [-0.15, -0.1) is 0 Å². The predicted octanol–water partition coefficient (Wildman–Crippen LogP) is 0.957. The van der Waals surface area contributed by atoms with Crippen LogP contribution in [-0.4, -0.2) is 29.1 Å². The van der Waals surface area contributed by atoms with Crippen LogP contribution in [0.3, 0.4) is 0 Å². The maximum Gasteiger partial charge on any atom is 0.252 e. The third-order valence-corrected chi connectivity index (χ3v) is 2.25. The van der Waals surface area contributed by atoms with Crippen LogP contribution in [0.4, 0.5) is 0 Å². The SMILES string of the molecule is O=C(NCCO)c1cnc2ccccc2c1. The molecular formula is C12H12N2O2. The lowest BCUT2D eigenvalue weighted by atomic mass is 10.1. The largest absolute Gasteiger partial charge is 0.395 e. The van der Waals surface area contributed by atoms with Crippen molar-refractivity contribution in [2.75, 3.05) is 13.2 Å². The number of aliphatic hydroxyl groups excluding tert-OH is 1. The first-order valence-electron chi connectivity index (χ1n) is 5.05. The highest BCUT2D eigenvalue weighted by Gasteiger charge is 2.05. The standard InChI is InChI=1S/C12H12N2O2/c15-6-5-13-12(16)10-7-9-3-1-2-4-11(9)14-8-10/h1-4,7-8,15H,5-6H2,(H,13,16). The van der Waals surface area contributed by atoms with E-state index in [1.165, 1.54) is 6.20 Å². The number of carbonyl (C=O) groups is 1. The first kappa shape index (κ1) is 10.6. The van der Waals surface area contributed by atoms with Crippen molar-refractivity contribution >= 4 is 16.8 Å². The van der Waals surface area contributed by atoms with Crippen LogP contribution in [0.15, 0.2) is 36.5 Å². The third kappa shape index (κ3) is 2.17. The van der Waals surface area contributed by atoms with Crippen molar-refractivity contribution in [3.63, 3.8) is 0 Å². The summed E-state index contributed by atoms with van der Waals surface area (Å²) in [5, 5.41) is 12.1. The summed E-state index contributed by atoms with van der Waals surface area (Å²) in [5.74, 6) is -0.215. The number of rotatable bonds is 3. The molecule has 1 heterocycles. The van der Waals surface area contributed by atoms with Gasteiger partial charge in [0.1, 0.15) is 0 Å². The van der Waals surface area contributed by atoms with E-state index in [2.05, 4.69) is 10.3 Å². The molecule has 0 bridgehead atoms. The average molecular weight is 216 g/mol. The van der Waals surface area contributed by atoms with E-state index < -0.39 is 0 Å². The van der Waals surface area contributed by atoms with Gasteiger partial charge in [-0.25, -0.2) is 0 Å². The van der Waals surface area contributed by atoms with Crippen molar-refractivity contribution in [2.45, 2.75) is 0 Å². The first-order chi connectivity index (χ1) is 7.81. The fourth-order valence-corrected chi connectivity index (χ4v) is 1.47. The zero-order chi connectivity index (χ0) is 11.4. The molecule has 2 rings (SSSR count). The molecule has 2 aromatic rings. The highest BCUT2D eigenvalue weighted by Crippen LogP contribution is 2.12. The van der Waals surface area contributed by atoms with E-state index in [1.807, 2.05) is 24.3 Å². The van der Waals surface area contributed by atoms with Crippen LogP contribution in [0.25, 0.3) is 10.9 Å². The summed E-state index contributed by atoms with van der Waals surface area (Å²) in [6.07, 6.45) is 1.54. The number of amides is 1. The third-order valence-electron chi connectivity index (χ3n) is 2.25. The second-order valence-corrected chi connectivity index (χ2v) is 3.40. The molecule has 1 amide bonds. The summed E-state index contributed by atoms with van der Waals surface area (Å²) in [4.78, 5) is 15.8. The number of aromatic nitrogens is 1. The Bertz CT molecular complexity index is 511. The van der Waals surface area contributed by atoms with E-state index in [1.54, 1.807) is 6.07 Å². The molecule has 0 radical (unpaired) electrons. The molecule has 0 aliphatic rings. The molecule has 0 unspecified atom stereocenters. The molecule has 0 spiro atoms. The lowest BCUT2D eigenvalue weighted by Crippen LogP contribution is -2.26. The molecule has 0 fully saturated rings. The molecule has 2 N–H and O–H groups in total. The first-order valence-corrected chi connectivity index (χ1v) is 5.05. The van der Waals surface area contributed by atoms with Gasteiger partial charge in [0.25, 0.3) is 5.91 Å². The van der Waals surface area contributed by atoms with Crippen molar-refractivity contribution in [1.82, 2.24) is 10.3 Å². The van der Waals surface area contributed by atoms with Gasteiger partial charge < -0.3 is 10.4 Å². The Hall–Kier alpha value is -1.94. The minimum absolute atomic E-state index is 0.0627. The van der Waals surface area contributed by atoms with E-state index in [9.17, 15) is 4.79 Å². The maximum atomic E-state index is 11.6. The number of fused-ring (bicyclic) bond motifs is 1. The maximum absolute atomic E-state index is 11.6. The van der Waals surface area contributed by atoms with Crippen LogP contribution in [0.2, 0.25) is 0 Å². The minimum atomic E-state index is -0.215. The summed E-state index contributed by atoms with van der Waals surface area (Å²) in [7, 11) is 0. The van der Waals surface area contributed by atoms with Crippen molar-refractivity contribution in [3.8, 4) is 0 Å². The molecule has 82 valence electrons. The number of benzene rings is 1. The van der Waals surface area contributed by atoms with Gasteiger partial charge in [-0.3, -0.25) is 9.78 Å². The molecule has 1 aromatic heterocycles. The topological polar surface area (TPSA) is 62.2 Å². The Balaban J connectivity index is 2.28. The van der Waals surface area contributed by atoms with Gasteiger partial charge in [-0.2, -0.15) is 0 Å². The molecule has 4 nitrogen and oxygen atoms in total. The Morgan fingerprint density at radius 2 is 2.19 bits per heavy atom. The second-order valence-electron chi connectivity index (χ2n) is 3.40. The van der Waals surface area contributed by atoms with E-state index in [-0.39, 0.29) is 19.1 Å². The molecule has 16 heavy (non-hydrogen) atoms. The highest BCUT2D eigenvalue weighted by molar-refractivity contribution is 5.97. The zero-order valence-corrected chi connectivity index (χ0v) is 8.68. The van der Waals surface area contributed by atoms with Crippen LogP contribution < -0.4 is 5.32 Å². The Labute approximate surface area is 92.9 Å². The summed E-state index contributed by atoms with van der Waals surface area (Å²) < 4.78 is 0. The van der Waals surface area contributed by atoms with Gasteiger partial charge in [0.15, 0.2) is 0 Å². The summed E-state index contributed by atoms with van der Waals surface area (Å²) in [6, 6.07) is 9.39. The number of hydrogen-bond acceptors (Lipinski definition) is 3. The summed E-state index contributed by atoms with van der Waals surface area (Å²) in [5.41, 5.74) is 1.37. The van der Waals surface area contributed by atoms with Crippen molar-refractivity contribution in [3.05, 3.63) is 42.1 Å². The lowest BCUT2D eigenvalue weighted by Gasteiger charge is -2.03. The normalized spacial score (nSPS) is 10.3. The monoisotopic (exact) mass is 216 g/mol. The zero-order valence-electron chi connectivity index (χ0n) is 8.68. The number of pyridine rings is 1. The van der Waals surface area contributed by atoms with Gasteiger partial charge >= 0.3 is 0 Å². The van der Waals surface area contributed by atoms with E-state index in [0.29, 0.717) is 5.56 Å². The van der Waals surface area contributed by atoms with Gasteiger partial charge in [0, 0.05) is 18.1 Å². The number of para-hydroxylation sites is 1. The molecule has 0 atom stereocenters. The fraction of sp³-hybridized carbons (Fsp3) is 0.167. The van der Waals surface area contributed by atoms with Gasteiger partial charge in [-0.05, 0) is 12.1 Å². The average Bonchev–Trinajstić information content (AvgIpc) is 2.35. The van der Waals surface area contributed by atoms with E-state index in [0.717, 1.165) is 10.9 Å². The molecule has 0 saturated heterocycles. The molecule has 0 aliphatic heterocycles. The number of aliphatic hydroxyl groups is 1. The Kier molecular flexibility index (Phi) is 3.12. The Morgan fingerprint density at radius 1 is 1.38 bits per heavy atom. The van der Waals surface area contributed by atoms with Crippen LogP contribution in [-0.2, 0) is 0 Å². The van der Waals surface area contributed by atoms with Crippen LogP contribution in [0, 0.1) is 0 Å². The smallest absolute Gasteiger partial charge is 0.252 e. The molecular weight excluding hydrogens is 204 g/mol. The molecule has 4 heteroatoms. The van der Waals surface area contributed by atoms with Gasteiger partial charge in [0.2, 0.25) is 0 Å². The van der Waals surface area contributed by atoms with Gasteiger partial charge in [-0.1, -0.05) is 18.2 Å². The second kappa shape index (κ2) is 4.72. The van der Waals surface area contributed by atoms with Crippen LogP contribution in [0.1, 0.15) is 10.4 Å². The number of hydrogen-bond donors (Lipinski definition) is 2. The summed E-state index contributed by atoms with van der Waals surface area (Å²) in [6.45, 7) is 0.193. The van der Waals surface area contributed by atoms with Crippen LogP contribution in [0.5, 0.6) is 0 Å². The number of carbonyl (C=O) groups excluding carboxylic acids is 1. The molecule has 0 saturated carbocycles. The Morgan fingerprint density at radius 3 is 3.00 bits per heavy atom. The lowest BCUT2D eigenvalue weighted by molar-refractivity contribution is 0.0944. The van der Waals surface area contributed by atoms with Gasteiger partial charge in [0.05, 0.1) is 17.7 Å².